The minimum atomic E-state index is 0.833. The number of ether oxygens (including phenoxy) is 2. The highest BCUT2D eigenvalue weighted by Crippen LogP contribution is 2.36. The minimum absolute atomic E-state index is 0.833. The fourth-order valence-electron chi connectivity index (χ4n) is 9.31. The van der Waals surface area contributed by atoms with Gasteiger partial charge in [-0.05, 0) is 212 Å². The zero-order chi connectivity index (χ0) is 109. The van der Waals surface area contributed by atoms with Gasteiger partial charge in [0, 0.05) is 36.4 Å². The van der Waals surface area contributed by atoms with Crippen LogP contribution >= 0.6 is 11.3 Å². The predicted molar refractivity (Wildman–Crippen MR) is 653 cm³/mol. The average Bonchev–Trinajstić information content (AvgIpc) is 1.76. The van der Waals surface area contributed by atoms with E-state index in [0.717, 1.165) is 128 Å². The van der Waals surface area contributed by atoms with Gasteiger partial charge in [0.1, 0.15) is 5.58 Å². The molecule has 3 aliphatic heterocycles. The number of thiophene rings is 1. The lowest BCUT2D eigenvalue weighted by atomic mass is 10.0. The van der Waals surface area contributed by atoms with Crippen LogP contribution in [0.3, 0.4) is 0 Å². The smallest absolute Gasteiger partial charge is 0.133 e. The number of hydrogen-bond acceptors (Lipinski definition) is 6. The molecule has 6 heteroatoms. The zero-order valence-electron chi connectivity index (χ0n) is 104. The van der Waals surface area contributed by atoms with Crippen molar-refractivity contribution in [3.63, 3.8) is 0 Å². The third-order valence-corrected chi connectivity index (χ3v) is 15.5. The van der Waals surface area contributed by atoms with E-state index in [4.69, 9.17) is 13.9 Å². The summed E-state index contributed by atoms with van der Waals surface area (Å²) in [6, 6.07) is 37.7. The molecule has 2 aromatic heterocycles. The van der Waals surface area contributed by atoms with Gasteiger partial charge in [0.25, 0.3) is 0 Å². The summed E-state index contributed by atoms with van der Waals surface area (Å²) >= 11 is 1.79. The summed E-state index contributed by atoms with van der Waals surface area (Å²) in [6.07, 6.45) is 43.3. The Morgan fingerprint density at radius 3 is 0.750 bits per heavy atom. The number of hydrogen-bond donors (Lipinski definition) is 2. The molecule has 0 radical (unpaired) electrons. The van der Waals surface area contributed by atoms with Gasteiger partial charge in [0.2, 0.25) is 0 Å². The quantitative estimate of drug-likeness (QED) is 0.172. The third kappa shape index (κ3) is 204. The SMILES string of the molecule is C1=Cc2ccccc2C1.C1CCC1.C1CCCC1.C1CCCC1.C1CCNCC1.C1CCOCC1.C1COCCN1.CC.CC.CC.CC.CC.CC.CC.CC.CC.CC.CC.CC(C)C.CC(C)C.CC(C)C.CC(C)C.CC(C)C.CC(C)C.CC(C)C.CC(C)C.CC(C)C.CC(C)C.CC(C)C1CC1.c1ccc2c(c1)CCC2.c1ccc2occc2c1.c1ccc2sccc2c1. The van der Waals surface area contributed by atoms with Gasteiger partial charge in [-0.3, -0.25) is 0 Å². The van der Waals surface area contributed by atoms with Crippen molar-refractivity contribution in [1.82, 2.24) is 10.6 Å². The van der Waals surface area contributed by atoms with E-state index >= 15 is 0 Å². The van der Waals surface area contributed by atoms with Crippen LogP contribution in [-0.2, 0) is 28.7 Å². The normalized spacial score (nSPS) is 13.1. The van der Waals surface area contributed by atoms with Crippen LogP contribution in [0, 0.1) is 71.0 Å². The second-order valence-corrected chi connectivity index (χ2v) is 39.5. The third-order valence-electron chi connectivity index (χ3n) is 14.6. The maximum atomic E-state index is 5.12. The molecule has 6 aliphatic carbocycles. The van der Waals surface area contributed by atoms with Crippen LogP contribution in [-0.4, -0.2) is 52.6 Å². The van der Waals surface area contributed by atoms with E-state index in [2.05, 4.69) is 329 Å². The number of rotatable bonds is 1. The van der Waals surface area contributed by atoms with Gasteiger partial charge in [-0.2, -0.15) is 0 Å². The highest BCUT2D eigenvalue weighted by molar-refractivity contribution is 7.17. The minimum Gasteiger partial charge on any atom is -0.464 e. The van der Waals surface area contributed by atoms with Crippen molar-refractivity contribution in [2.45, 2.75) is 541 Å². The largest absolute Gasteiger partial charge is 0.464 e. The van der Waals surface area contributed by atoms with Crippen LogP contribution < -0.4 is 10.6 Å². The average molecular weight is 1940 g/mol. The maximum Gasteiger partial charge on any atom is 0.133 e. The number of morpholine rings is 1. The molecule has 15 rings (SSSR count). The zero-order valence-corrected chi connectivity index (χ0v) is 105. The summed E-state index contributed by atoms with van der Waals surface area (Å²) in [7, 11) is 0. The Morgan fingerprint density at radius 2 is 0.522 bits per heavy atom. The van der Waals surface area contributed by atoms with E-state index in [0.29, 0.717) is 0 Å². The van der Waals surface area contributed by atoms with Gasteiger partial charge in [0.05, 0.1) is 19.5 Å². The lowest BCUT2D eigenvalue weighted by molar-refractivity contribution is 0.0968. The van der Waals surface area contributed by atoms with Crippen molar-refractivity contribution in [3.05, 3.63) is 149 Å². The van der Waals surface area contributed by atoms with Crippen molar-refractivity contribution in [2.75, 3.05) is 52.6 Å². The van der Waals surface area contributed by atoms with Gasteiger partial charge in [-0.15, -0.1) is 11.3 Å². The first kappa shape index (κ1) is 171. The van der Waals surface area contributed by atoms with Crippen LogP contribution in [0.25, 0.3) is 27.1 Å². The molecule has 820 valence electrons. The molecule has 9 aliphatic rings. The number of fused-ring (bicyclic) bond motifs is 4. The molecule has 4 aromatic carbocycles. The van der Waals surface area contributed by atoms with Crippen LogP contribution in [0.1, 0.15) is 544 Å². The summed E-state index contributed by atoms with van der Waals surface area (Å²) < 4.78 is 16.6. The Kier molecular flexibility index (Phi) is 200. The summed E-state index contributed by atoms with van der Waals surface area (Å²) in [4.78, 5) is 0. The van der Waals surface area contributed by atoms with Crippen molar-refractivity contribution in [1.29, 1.82) is 0 Å². The molecular weight excluding hydrogens is 1670 g/mol. The molecule has 0 bridgehead atoms. The van der Waals surface area contributed by atoms with Crippen molar-refractivity contribution in [3.8, 4) is 0 Å². The Balaban J connectivity index is -0.0000000726. The molecule has 2 N–H and O–H groups in total. The molecular formula is C130H266N2O3S. The van der Waals surface area contributed by atoms with Gasteiger partial charge >= 0.3 is 0 Å². The predicted octanol–water partition coefficient (Wildman–Crippen LogP) is 46.7. The van der Waals surface area contributed by atoms with Gasteiger partial charge in [-0.1, -0.05) is 567 Å². The lowest BCUT2D eigenvalue weighted by Gasteiger charge is -2.10. The first-order valence-electron chi connectivity index (χ1n) is 58.2. The monoisotopic (exact) mass is 1940 g/mol. The first-order valence-corrected chi connectivity index (χ1v) is 59.1. The van der Waals surface area contributed by atoms with Gasteiger partial charge in [-0.25, -0.2) is 0 Å². The number of aryl methyl sites for hydroxylation is 2. The van der Waals surface area contributed by atoms with E-state index in [-0.39, 0.29) is 0 Å². The Hall–Kier alpha value is -4.04. The summed E-state index contributed by atoms with van der Waals surface area (Å²) in [5.74, 6) is 10.4. The van der Waals surface area contributed by atoms with Gasteiger partial charge < -0.3 is 24.5 Å². The second kappa shape index (κ2) is 159. The Labute approximate surface area is 870 Å². The molecule has 0 spiro atoms. The summed E-state index contributed by atoms with van der Waals surface area (Å²) in [5.41, 5.74) is 6.93. The maximum absolute atomic E-state index is 5.12. The molecule has 3 saturated heterocycles. The van der Waals surface area contributed by atoms with Crippen LogP contribution in [0.4, 0.5) is 0 Å². The standard InChI is InChI=1S/C9H10.C9H8.C8H6O.C8H6S.C6H12.C5H11N.C5H10O.2C5H10.C4H9NO.C4H8.10C4H10.11C2H6/c2*1-2-5-9-7-3-6-8(9)4-1;2*1-2-4-8-7(3-1)5-6-9-8;1-5(2)6-3-4-6;2*1-2-4-6-5-3-1;2*1-2-4-5-3-1;1-3-6-4-2-5-1;1-2-4-3-1;10*1-4(2)3;11*1-2/h1-2,4-5H,3,6-7H2;1-6H,7H2;2*1-6H;5-6H,3-4H2,1-2H3;6H,1-5H2;1-5H2;2*1-5H2;5H,1-4H2;1-4H2;10*4H,1-3H3;11*1-2H3. The van der Waals surface area contributed by atoms with Crippen molar-refractivity contribution in [2.24, 2.45) is 71.0 Å². The molecule has 6 aromatic rings. The fourth-order valence-corrected chi connectivity index (χ4v) is 10.1. The highest BCUT2D eigenvalue weighted by Gasteiger charge is 2.24. The van der Waals surface area contributed by atoms with Crippen molar-refractivity contribution < 1.29 is 13.9 Å². The van der Waals surface area contributed by atoms with E-state index in [1.165, 1.54) is 195 Å². The number of benzene rings is 4. The number of piperidine rings is 1. The Morgan fingerprint density at radius 1 is 0.257 bits per heavy atom. The Bertz CT molecular complexity index is 2370. The topological polar surface area (TPSA) is 55.7 Å². The number of para-hydroxylation sites is 1. The highest BCUT2D eigenvalue weighted by atomic mass is 32.1. The molecule has 5 nitrogen and oxygen atoms in total. The number of allylic oxidation sites excluding steroid dienone is 1. The van der Waals surface area contributed by atoms with E-state index in [1.54, 1.807) is 28.7 Å². The van der Waals surface area contributed by atoms with Crippen molar-refractivity contribution >= 4 is 38.5 Å². The molecule has 0 unspecified atom stereocenters. The summed E-state index contributed by atoms with van der Waals surface area (Å²) in [5, 5.41) is 11.1. The van der Waals surface area contributed by atoms with Gasteiger partial charge in [0.15, 0.2) is 0 Å². The molecule has 0 atom stereocenters. The molecule has 7 fully saturated rings. The van der Waals surface area contributed by atoms with E-state index < -0.39 is 0 Å². The van der Waals surface area contributed by atoms with Crippen LogP contribution in [0.2, 0.25) is 0 Å². The lowest BCUT2D eigenvalue weighted by Crippen LogP contribution is -2.30. The van der Waals surface area contributed by atoms with E-state index in [1.807, 2.05) is 183 Å². The van der Waals surface area contributed by atoms with Crippen LogP contribution in [0.5, 0.6) is 0 Å². The molecule has 5 heterocycles. The molecule has 0 amide bonds. The van der Waals surface area contributed by atoms with Crippen LogP contribution in [0.15, 0.2) is 131 Å². The first-order chi connectivity index (χ1) is 65.0. The molecule has 4 saturated carbocycles. The van der Waals surface area contributed by atoms with E-state index in [9.17, 15) is 0 Å². The number of nitrogens with one attached hydrogen (secondary N) is 2. The molecule has 136 heavy (non-hydrogen) atoms. The number of furan rings is 1. The summed E-state index contributed by atoms with van der Waals surface area (Å²) in [6.45, 7) is 122. The second-order valence-electron chi connectivity index (χ2n) is 38.5. The fraction of sp³-hybridized carbons (Fsp3) is 0.769.